The average Bonchev–Trinajstić information content (AvgIpc) is 2.74. The number of fused-ring (bicyclic) bond motifs is 1. The summed E-state index contributed by atoms with van der Waals surface area (Å²) in [5.74, 6) is -0.707. The lowest BCUT2D eigenvalue weighted by Gasteiger charge is -2.29. The molecule has 8 heteroatoms. The van der Waals surface area contributed by atoms with Crippen LogP contribution in [0.3, 0.4) is 0 Å². The Kier molecular flexibility index (Phi) is 5.56. The molecule has 0 unspecified atom stereocenters. The van der Waals surface area contributed by atoms with Crippen LogP contribution in [0.25, 0.3) is 0 Å². The summed E-state index contributed by atoms with van der Waals surface area (Å²) in [5, 5.41) is 0.414. The normalized spacial score (nSPS) is 14.5. The first-order valence-corrected chi connectivity index (χ1v) is 11.3. The summed E-state index contributed by atoms with van der Waals surface area (Å²) in [5.41, 5.74) is 0.784. The van der Waals surface area contributed by atoms with Gasteiger partial charge in [-0.3, -0.25) is 4.79 Å². The Morgan fingerprint density at radius 2 is 1.81 bits per heavy atom. The number of nitrogens with zero attached hydrogens (tertiary/aromatic N) is 1. The summed E-state index contributed by atoms with van der Waals surface area (Å²) in [6, 6.07) is 16.2. The maximum absolute atomic E-state index is 14.0. The molecule has 31 heavy (non-hydrogen) atoms. The van der Waals surface area contributed by atoms with Gasteiger partial charge in [-0.2, -0.15) is 0 Å². The van der Waals surface area contributed by atoms with Gasteiger partial charge in [0.05, 0.1) is 17.2 Å². The Balaban J connectivity index is 1.86. The zero-order chi connectivity index (χ0) is 22.2. The molecule has 4 rings (SSSR count). The molecule has 3 aromatic carbocycles. The number of carbonyl (C=O) groups is 1. The van der Waals surface area contributed by atoms with Gasteiger partial charge in [-0.25, -0.2) is 12.8 Å². The van der Waals surface area contributed by atoms with Crippen molar-refractivity contribution in [2.45, 2.75) is 11.8 Å². The van der Waals surface area contributed by atoms with Crippen molar-refractivity contribution in [3.63, 3.8) is 0 Å². The number of hydrogen-bond donors (Lipinski definition) is 0. The fourth-order valence-corrected chi connectivity index (χ4v) is 5.02. The molecule has 0 atom stereocenters. The highest BCUT2D eigenvalue weighted by Crippen LogP contribution is 2.41. The number of hydrogen-bond acceptors (Lipinski definition) is 5. The molecular formula is C23H17ClFNO4S. The maximum atomic E-state index is 14.0. The predicted octanol–water partition coefficient (Wildman–Crippen LogP) is 5.53. The number of halogens is 2. The summed E-state index contributed by atoms with van der Waals surface area (Å²) in [6.45, 7) is 2.30. The Morgan fingerprint density at radius 1 is 1.06 bits per heavy atom. The second-order valence-electron chi connectivity index (χ2n) is 6.75. The molecule has 0 saturated carbocycles. The Bertz CT molecular complexity index is 1300. The number of Topliss-reactive ketones (excluding diaryl/α,β-unsaturated/α-hetero) is 1. The van der Waals surface area contributed by atoms with Crippen LogP contribution in [-0.4, -0.2) is 20.8 Å². The summed E-state index contributed by atoms with van der Waals surface area (Å²) in [6.07, 6.45) is 1.21. The van der Waals surface area contributed by atoms with E-state index in [1.54, 1.807) is 36.4 Å². The van der Waals surface area contributed by atoms with E-state index in [0.29, 0.717) is 23.1 Å². The number of allylic oxidation sites excluding steroid dienone is 1. The minimum absolute atomic E-state index is 0.102. The van der Waals surface area contributed by atoms with E-state index in [9.17, 15) is 17.6 Å². The molecule has 0 N–H and O–H groups in total. The molecule has 3 aromatic rings. The molecule has 0 aliphatic carbocycles. The molecule has 1 aliphatic heterocycles. The van der Waals surface area contributed by atoms with Crippen molar-refractivity contribution in [3.8, 4) is 5.75 Å². The molecule has 0 saturated heterocycles. The van der Waals surface area contributed by atoms with Gasteiger partial charge in [0.1, 0.15) is 16.5 Å². The summed E-state index contributed by atoms with van der Waals surface area (Å²) in [7, 11) is -4.18. The van der Waals surface area contributed by atoms with Gasteiger partial charge in [0, 0.05) is 22.5 Å². The summed E-state index contributed by atoms with van der Waals surface area (Å²) in [4.78, 5) is 14.1. The Hall–Kier alpha value is -3.16. The monoisotopic (exact) mass is 457 g/mol. The van der Waals surface area contributed by atoms with Crippen LogP contribution in [-0.2, 0) is 9.84 Å². The Morgan fingerprint density at radius 3 is 2.48 bits per heavy atom. The molecule has 1 heterocycles. The average molecular weight is 458 g/mol. The smallest absolute Gasteiger partial charge is 0.214 e. The highest BCUT2D eigenvalue weighted by Gasteiger charge is 2.36. The minimum atomic E-state index is -4.18. The summed E-state index contributed by atoms with van der Waals surface area (Å²) < 4.78 is 45.9. The van der Waals surface area contributed by atoms with Gasteiger partial charge in [-0.1, -0.05) is 17.7 Å². The third-order valence-electron chi connectivity index (χ3n) is 4.74. The minimum Gasteiger partial charge on any atom is -0.494 e. The second-order valence-corrected chi connectivity index (χ2v) is 9.07. The fraction of sp³-hybridized carbons (Fsp3) is 0.0870. The van der Waals surface area contributed by atoms with E-state index in [-0.39, 0.29) is 16.1 Å². The third-order valence-corrected chi connectivity index (χ3v) is 6.77. The van der Waals surface area contributed by atoms with Crippen LogP contribution < -0.4 is 9.64 Å². The van der Waals surface area contributed by atoms with E-state index in [2.05, 4.69) is 0 Å². The van der Waals surface area contributed by atoms with E-state index in [4.69, 9.17) is 16.3 Å². The van der Waals surface area contributed by atoms with Crippen LogP contribution in [0.15, 0.2) is 82.7 Å². The quantitative estimate of drug-likeness (QED) is 0.372. The molecule has 1 aliphatic rings. The van der Waals surface area contributed by atoms with Gasteiger partial charge < -0.3 is 9.64 Å². The van der Waals surface area contributed by atoms with Crippen molar-refractivity contribution in [3.05, 3.63) is 94.2 Å². The van der Waals surface area contributed by atoms with Gasteiger partial charge in [0.2, 0.25) is 15.6 Å². The van der Waals surface area contributed by atoms with E-state index in [0.717, 1.165) is 18.2 Å². The molecule has 158 valence electrons. The maximum Gasteiger partial charge on any atom is 0.214 e. The molecule has 0 spiro atoms. The van der Waals surface area contributed by atoms with Crippen molar-refractivity contribution in [1.82, 2.24) is 0 Å². The van der Waals surface area contributed by atoms with Crippen molar-refractivity contribution < 1.29 is 22.3 Å². The standard InChI is InChI=1S/C23H17ClFNO4S/c1-2-30-19-9-6-15(7-10-19)23(27)22-14-26(18-5-3-4-16(24)12-18)20-13-17(25)8-11-21(20)31(22,28)29/h3-14H,2H2,1H3. The zero-order valence-corrected chi connectivity index (χ0v) is 18.0. The number of benzene rings is 3. The van der Waals surface area contributed by atoms with Crippen LogP contribution in [0.4, 0.5) is 15.8 Å². The molecule has 0 fully saturated rings. The highest BCUT2D eigenvalue weighted by atomic mass is 35.5. The Labute approximate surface area is 184 Å². The SMILES string of the molecule is CCOc1ccc(C(=O)C2=CN(c3cccc(Cl)c3)c3cc(F)ccc3S2(=O)=O)cc1. The van der Waals surface area contributed by atoms with Crippen LogP contribution in [0.2, 0.25) is 5.02 Å². The van der Waals surface area contributed by atoms with Crippen molar-refractivity contribution >= 4 is 38.6 Å². The van der Waals surface area contributed by atoms with Gasteiger partial charge in [-0.15, -0.1) is 0 Å². The lowest BCUT2D eigenvalue weighted by Crippen LogP contribution is -2.26. The second kappa shape index (κ2) is 8.17. The van der Waals surface area contributed by atoms with E-state index in [1.807, 2.05) is 6.92 Å². The van der Waals surface area contributed by atoms with E-state index < -0.39 is 26.3 Å². The van der Waals surface area contributed by atoms with Crippen LogP contribution in [0.5, 0.6) is 5.75 Å². The first kappa shape index (κ1) is 21.1. The number of ether oxygens (including phenoxy) is 1. The molecule has 0 radical (unpaired) electrons. The molecule has 0 bridgehead atoms. The number of carbonyl (C=O) groups excluding carboxylic acids is 1. The molecule has 0 amide bonds. The zero-order valence-electron chi connectivity index (χ0n) is 16.4. The molecule has 5 nitrogen and oxygen atoms in total. The number of rotatable bonds is 5. The fourth-order valence-electron chi connectivity index (χ4n) is 3.31. The number of anilines is 2. The number of ketones is 1. The van der Waals surface area contributed by atoms with Gasteiger partial charge in [0.25, 0.3) is 0 Å². The van der Waals surface area contributed by atoms with Crippen LogP contribution in [0.1, 0.15) is 17.3 Å². The first-order chi connectivity index (χ1) is 14.8. The number of sulfone groups is 1. The van der Waals surface area contributed by atoms with Crippen molar-refractivity contribution in [1.29, 1.82) is 0 Å². The summed E-state index contributed by atoms with van der Waals surface area (Å²) >= 11 is 6.10. The van der Waals surface area contributed by atoms with Crippen molar-refractivity contribution in [2.75, 3.05) is 11.5 Å². The predicted molar refractivity (Wildman–Crippen MR) is 117 cm³/mol. The molecular weight excluding hydrogens is 441 g/mol. The lowest BCUT2D eigenvalue weighted by atomic mass is 10.1. The van der Waals surface area contributed by atoms with E-state index in [1.165, 1.54) is 23.2 Å². The first-order valence-electron chi connectivity index (χ1n) is 9.40. The van der Waals surface area contributed by atoms with E-state index >= 15 is 0 Å². The topological polar surface area (TPSA) is 63.7 Å². The lowest BCUT2D eigenvalue weighted by molar-refractivity contribution is 0.104. The van der Waals surface area contributed by atoms with Gasteiger partial charge in [-0.05, 0) is 67.6 Å². The molecule has 0 aromatic heterocycles. The highest BCUT2D eigenvalue weighted by molar-refractivity contribution is 7.96. The van der Waals surface area contributed by atoms with Crippen molar-refractivity contribution in [2.24, 2.45) is 0 Å². The van der Waals surface area contributed by atoms with Gasteiger partial charge >= 0.3 is 0 Å². The third kappa shape index (κ3) is 3.94. The largest absolute Gasteiger partial charge is 0.494 e. The van der Waals surface area contributed by atoms with Gasteiger partial charge in [0.15, 0.2) is 0 Å². The van der Waals surface area contributed by atoms with Crippen LogP contribution in [0, 0.1) is 5.82 Å². The van der Waals surface area contributed by atoms with Crippen LogP contribution >= 0.6 is 11.6 Å².